The number of nitrogens with one attached hydrogen (secondary N) is 1. The Kier molecular flexibility index (Phi) is 3.70. The van der Waals surface area contributed by atoms with Crippen molar-refractivity contribution in [3.05, 3.63) is 67.1 Å². The van der Waals surface area contributed by atoms with Crippen LogP contribution in [0, 0.1) is 0 Å². The molecule has 2 aromatic carbocycles. The van der Waals surface area contributed by atoms with Gasteiger partial charge in [0.25, 0.3) is 0 Å². The van der Waals surface area contributed by atoms with Gasteiger partial charge in [-0.05, 0) is 48.5 Å². The highest BCUT2D eigenvalue weighted by molar-refractivity contribution is 5.74. The lowest BCUT2D eigenvalue weighted by Crippen LogP contribution is -1.98. The van der Waals surface area contributed by atoms with E-state index in [4.69, 9.17) is 10.5 Å². The van der Waals surface area contributed by atoms with E-state index in [9.17, 15) is 0 Å². The van der Waals surface area contributed by atoms with Gasteiger partial charge in [-0.1, -0.05) is 0 Å². The van der Waals surface area contributed by atoms with Crippen molar-refractivity contribution in [2.45, 2.75) is 0 Å². The molecule has 3 N–H and O–H groups in total. The number of anilines is 3. The minimum atomic E-state index is 0.687. The van der Waals surface area contributed by atoms with Gasteiger partial charge in [0, 0.05) is 29.3 Å². The van der Waals surface area contributed by atoms with Gasteiger partial charge < -0.3 is 15.8 Å². The monoisotopic (exact) mass is 331 g/mol. The molecule has 0 saturated carbocycles. The van der Waals surface area contributed by atoms with Crippen LogP contribution >= 0.6 is 0 Å². The summed E-state index contributed by atoms with van der Waals surface area (Å²) in [4.78, 5) is 8.95. The van der Waals surface area contributed by atoms with Crippen LogP contribution in [0.1, 0.15) is 0 Å². The fourth-order valence-electron chi connectivity index (χ4n) is 2.69. The summed E-state index contributed by atoms with van der Waals surface area (Å²) in [5.74, 6) is 1.51. The van der Waals surface area contributed by atoms with Gasteiger partial charge >= 0.3 is 0 Å². The van der Waals surface area contributed by atoms with Gasteiger partial charge in [-0.2, -0.15) is 0 Å². The van der Waals surface area contributed by atoms with E-state index < -0.39 is 0 Å². The zero-order chi connectivity index (χ0) is 17.2. The predicted octanol–water partition coefficient (Wildman–Crippen LogP) is 3.73. The van der Waals surface area contributed by atoms with Gasteiger partial charge in [-0.3, -0.25) is 4.40 Å². The molecule has 25 heavy (non-hydrogen) atoms. The van der Waals surface area contributed by atoms with E-state index in [0.29, 0.717) is 5.82 Å². The van der Waals surface area contributed by atoms with Gasteiger partial charge in [0.2, 0.25) is 0 Å². The van der Waals surface area contributed by atoms with Crippen molar-refractivity contribution in [1.29, 1.82) is 0 Å². The first-order chi connectivity index (χ1) is 12.2. The predicted molar refractivity (Wildman–Crippen MR) is 99.1 cm³/mol. The van der Waals surface area contributed by atoms with Gasteiger partial charge in [-0.15, -0.1) is 0 Å². The molecule has 2 heterocycles. The van der Waals surface area contributed by atoms with Crippen LogP contribution < -0.4 is 15.8 Å². The summed E-state index contributed by atoms with van der Waals surface area (Å²) in [6.45, 7) is 0. The molecule has 0 fully saturated rings. The summed E-state index contributed by atoms with van der Waals surface area (Å²) in [6.07, 6.45) is 5.49. The number of benzene rings is 2. The molecule has 6 heteroatoms. The zero-order valence-electron chi connectivity index (χ0n) is 13.7. The first kappa shape index (κ1) is 15.0. The lowest BCUT2D eigenvalue weighted by atomic mass is 10.1. The highest BCUT2D eigenvalue weighted by Crippen LogP contribution is 2.26. The Labute approximate surface area is 144 Å². The van der Waals surface area contributed by atoms with Crippen molar-refractivity contribution in [2.75, 3.05) is 18.2 Å². The molecule has 0 aliphatic heterocycles. The largest absolute Gasteiger partial charge is 0.497 e. The second-order valence-corrected chi connectivity index (χ2v) is 5.59. The molecule has 0 atom stereocenters. The number of rotatable bonds is 4. The van der Waals surface area contributed by atoms with E-state index in [0.717, 1.165) is 34.0 Å². The molecule has 0 unspecified atom stereocenters. The van der Waals surface area contributed by atoms with E-state index in [1.165, 1.54) is 0 Å². The number of aromatic nitrogens is 3. The number of hydrogen-bond donors (Lipinski definition) is 2. The van der Waals surface area contributed by atoms with Gasteiger partial charge in [0.1, 0.15) is 5.75 Å². The fourth-order valence-corrected chi connectivity index (χ4v) is 2.69. The standard InChI is InChI=1S/C19H17N5O/c1-25-16-8-2-13(3-9-16)17-12-22-19-18(21-10-11-24(17)19)23-15-6-4-14(20)5-7-15/h2-12H,20H2,1H3,(H,21,23). The molecule has 0 saturated heterocycles. The molecule has 0 aliphatic rings. The van der Waals surface area contributed by atoms with Crippen LogP contribution in [0.3, 0.4) is 0 Å². The lowest BCUT2D eigenvalue weighted by molar-refractivity contribution is 0.415. The van der Waals surface area contributed by atoms with E-state index in [2.05, 4.69) is 15.3 Å². The average Bonchev–Trinajstić information content (AvgIpc) is 3.09. The van der Waals surface area contributed by atoms with Gasteiger partial charge in [0.05, 0.1) is 19.0 Å². The second-order valence-electron chi connectivity index (χ2n) is 5.59. The average molecular weight is 331 g/mol. The number of imidazole rings is 1. The second kappa shape index (κ2) is 6.16. The minimum Gasteiger partial charge on any atom is -0.497 e. The summed E-state index contributed by atoms with van der Waals surface area (Å²) in [6, 6.07) is 15.4. The van der Waals surface area contributed by atoms with Crippen LogP contribution in [0.2, 0.25) is 0 Å². The maximum absolute atomic E-state index is 5.73. The zero-order valence-corrected chi connectivity index (χ0v) is 13.7. The van der Waals surface area contributed by atoms with Crippen LogP contribution in [0.4, 0.5) is 17.2 Å². The number of nitrogens with zero attached hydrogens (tertiary/aromatic N) is 3. The third-order valence-corrected chi connectivity index (χ3v) is 3.99. The molecule has 0 spiro atoms. The number of ether oxygens (including phenoxy) is 1. The van der Waals surface area contributed by atoms with Crippen molar-refractivity contribution < 1.29 is 4.74 Å². The van der Waals surface area contributed by atoms with Crippen molar-refractivity contribution in [1.82, 2.24) is 14.4 Å². The number of nitrogens with two attached hydrogens (primary N) is 1. The molecule has 0 radical (unpaired) electrons. The summed E-state index contributed by atoms with van der Waals surface area (Å²) in [5.41, 5.74) is 10.2. The van der Waals surface area contributed by atoms with Gasteiger partial charge in [-0.25, -0.2) is 9.97 Å². The van der Waals surface area contributed by atoms with E-state index in [-0.39, 0.29) is 0 Å². The number of methoxy groups -OCH3 is 1. The minimum absolute atomic E-state index is 0.687. The van der Waals surface area contributed by atoms with E-state index >= 15 is 0 Å². The molecular weight excluding hydrogens is 314 g/mol. The number of nitrogen functional groups attached to an aromatic ring is 1. The summed E-state index contributed by atoms with van der Waals surface area (Å²) < 4.78 is 7.22. The maximum Gasteiger partial charge on any atom is 0.180 e. The highest BCUT2D eigenvalue weighted by atomic mass is 16.5. The maximum atomic E-state index is 5.73. The summed E-state index contributed by atoms with van der Waals surface area (Å²) in [7, 11) is 1.66. The Morgan fingerprint density at radius 1 is 1.00 bits per heavy atom. The topological polar surface area (TPSA) is 77.5 Å². The molecule has 124 valence electrons. The highest BCUT2D eigenvalue weighted by Gasteiger charge is 2.10. The molecule has 0 bridgehead atoms. The van der Waals surface area contributed by atoms with Crippen molar-refractivity contribution in [2.24, 2.45) is 0 Å². The van der Waals surface area contributed by atoms with Crippen molar-refractivity contribution in [3.63, 3.8) is 0 Å². The Balaban J connectivity index is 1.73. The molecular formula is C19H17N5O. The SMILES string of the molecule is COc1ccc(-c2cnc3c(Nc4ccc(N)cc4)nccn23)cc1. The Bertz CT molecular complexity index is 1010. The Morgan fingerprint density at radius 3 is 2.48 bits per heavy atom. The molecule has 0 amide bonds. The normalized spacial score (nSPS) is 10.8. The van der Waals surface area contributed by atoms with Crippen molar-refractivity contribution in [3.8, 4) is 17.0 Å². The third-order valence-electron chi connectivity index (χ3n) is 3.99. The molecule has 6 nitrogen and oxygen atoms in total. The first-order valence-electron chi connectivity index (χ1n) is 7.83. The Morgan fingerprint density at radius 2 is 1.76 bits per heavy atom. The molecule has 2 aromatic heterocycles. The molecule has 0 aliphatic carbocycles. The molecule has 4 aromatic rings. The first-order valence-corrected chi connectivity index (χ1v) is 7.83. The van der Waals surface area contributed by atoms with Crippen molar-refractivity contribution >= 4 is 22.8 Å². The lowest BCUT2D eigenvalue weighted by Gasteiger charge is -2.08. The summed E-state index contributed by atoms with van der Waals surface area (Å²) in [5, 5.41) is 3.29. The van der Waals surface area contributed by atoms with Crippen LogP contribution in [0.15, 0.2) is 67.1 Å². The van der Waals surface area contributed by atoms with Crippen LogP contribution in [0.25, 0.3) is 16.9 Å². The fraction of sp³-hybridized carbons (Fsp3) is 0.0526. The summed E-state index contributed by atoms with van der Waals surface area (Å²) >= 11 is 0. The quantitative estimate of drug-likeness (QED) is 0.557. The van der Waals surface area contributed by atoms with E-state index in [1.54, 1.807) is 13.3 Å². The Hall–Kier alpha value is -3.54. The third kappa shape index (κ3) is 2.85. The van der Waals surface area contributed by atoms with Crippen LogP contribution in [-0.2, 0) is 0 Å². The van der Waals surface area contributed by atoms with Crippen LogP contribution in [-0.4, -0.2) is 21.5 Å². The molecule has 4 rings (SSSR count). The van der Waals surface area contributed by atoms with Crippen LogP contribution in [0.5, 0.6) is 5.75 Å². The number of fused-ring (bicyclic) bond motifs is 1. The van der Waals surface area contributed by atoms with E-state index in [1.807, 2.05) is 65.3 Å². The number of hydrogen-bond acceptors (Lipinski definition) is 5. The smallest absolute Gasteiger partial charge is 0.180 e. The van der Waals surface area contributed by atoms with Gasteiger partial charge in [0.15, 0.2) is 11.5 Å².